The Hall–Kier alpha value is -1.40. The normalized spacial score (nSPS) is 17.8. The van der Waals surface area contributed by atoms with E-state index in [0.717, 1.165) is 17.8 Å². The molecule has 0 aliphatic carbocycles. The van der Waals surface area contributed by atoms with Gasteiger partial charge in [0.05, 0.1) is 5.69 Å². The van der Waals surface area contributed by atoms with E-state index in [2.05, 4.69) is 18.9 Å². The maximum atomic E-state index is 12.2. The fraction of sp³-hybridized carbons (Fsp3) is 0.500. The van der Waals surface area contributed by atoms with Crippen LogP contribution in [0, 0.1) is 12.8 Å². The Bertz CT molecular complexity index is 635. The summed E-state index contributed by atoms with van der Waals surface area (Å²) < 4.78 is 1.77. The van der Waals surface area contributed by atoms with Gasteiger partial charge in [0.15, 0.2) is 5.11 Å². The highest BCUT2D eigenvalue weighted by atomic mass is 35.5. The first-order chi connectivity index (χ1) is 9.73. The third-order valence-corrected chi connectivity index (χ3v) is 4.33. The first-order valence-electron chi connectivity index (χ1n) is 6.74. The van der Waals surface area contributed by atoms with E-state index in [1.165, 1.54) is 4.90 Å². The van der Waals surface area contributed by atoms with Crippen LogP contribution in [0.5, 0.6) is 0 Å². The largest absolute Gasteiger partial charge is 0.317 e. The molecule has 0 radical (unpaired) electrons. The SMILES string of the molecule is Cc1nn(CC(C)C)c(Cl)c1C=C1C(=O)N(C)C(=S)N1C. The van der Waals surface area contributed by atoms with E-state index in [1.54, 1.807) is 29.8 Å². The van der Waals surface area contributed by atoms with Crippen molar-refractivity contribution in [1.82, 2.24) is 19.6 Å². The maximum Gasteiger partial charge on any atom is 0.276 e. The van der Waals surface area contributed by atoms with Crippen LogP contribution >= 0.6 is 23.8 Å². The first kappa shape index (κ1) is 16.0. The number of aryl methyl sites for hydroxylation is 1. The number of thiocarbonyl (C=S) groups is 1. The third kappa shape index (κ3) is 2.82. The summed E-state index contributed by atoms with van der Waals surface area (Å²) in [5.41, 5.74) is 2.08. The summed E-state index contributed by atoms with van der Waals surface area (Å²) in [6.07, 6.45) is 1.76. The van der Waals surface area contributed by atoms with Gasteiger partial charge >= 0.3 is 0 Å². The van der Waals surface area contributed by atoms with Gasteiger partial charge in [-0.2, -0.15) is 5.10 Å². The molecule has 0 spiro atoms. The summed E-state index contributed by atoms with van der Waals surface area (Å²) >= 11 is 11.6. The van der Waals surface area contributed by atoms with Gasteiger partial charge in [0.25, 0.3) is 5.91 Å². The molecule has 1 aliphatic rings. The number of nitrogens with zero attached hydrogens (tertiary/aromatic N) is 4. The molecule has 0 aromatic carbocycles. The van der Waals surface area contributed by atoms with E-state index in [0.29, 0.717) is 21.9 Å². The number of likely N-dealkylation sites (N-methyl/N-ethyl adjacent to an activating group) is 2. The average Bonchev–Trinajstić information content (AvgIpc) is 2.76. The quantitative estimate of drug-likeness (QED) is 0.632. The number of halogens is 1. The van der Waals surface area contributed by atoms with Crippen molar-refractivity contribution in [1.29, 1.82) is 0 Å². The Balaban J connectivity index is 2.44. The highest BCUT2D eigenvalue weighted by Gasteiger charge is 2.33. The van der Waals surface area contributed by atoms with Gasteiger partial charge in [-0.1, -0.05) is 25.4 Å². The topological polar surface area (TPSA) is 41.4 Å². The van der Waals surface area contributed by atoms with E-state index < -0.39 is 0 Å². The second-order valence-electron chi connectivity index (χ2n) is 5.60. The Kier molecular flexibility index (Phi) is 4.39. The molecule has 0 bridgehead atoms. The minimum absolute atomic E-state index is 0.130. The summed E-state index contributed by atoms with van der Waals surface area (Å²) in [6, 6.07) is 0. The van der Waals surface area contributed by atoms with E-state index in [9.17, 15) is 4.79 Å². The smallest absolute Gasteiger partial charge is 0.276 e. The Morgan fingerprint density at radius 1 is 1.33 bits per heavy atom. The molecule has 2 heterocycles. The van der Waals surface area contributed by atoms with Gasteiger partial charge in [0.1, 0.15) is 10.9 Å². The third-order valence-electron chi connectivity index (χ3n) is 3.39. The highest BCUT2D eigenvalue weighted by molar-refractivity contribution is 7.80. The zero-order chi connectivity index (χ0) is 15.9. The van der Waals surface area contributed by atoms with E-state index in [-0.39, 0.29) is 5.91 Å². The van der Waals surface area contributed by atoms with E-state index >= 15 is 0 Å². The lowest BCUT2D eigenvalue weighted by Gasteiger charge is -2.11. The lowest BCUT2D eigenvalue weighted by atomic mass is 10.2. The minimum Gasteiger partial charge on any atom is -0.317 e. The molecule has 1 fully saturated rings. The standard InChI is InChI=1S/C14H19ClN4OS/c1-8(2)7-19-12(15)10(9(3)16-19)6-11-13(20)18(5)14(21)17(11)4/h6,8H,7H2,1-5H3. The second kappa shape index (κ2) is 5.77. The van der Waals surface area contributed by atoms with Crippen LogP contribution in [0.2, 0.25) is 5.15 Å². The Morgan fingerprint density at radius 2 is 1.95 bits per heavy atom. The van der Waals surface area contributed by atoms with Crippen LogP contribution in [-0.2, 0) is 11.3 Å². The molecule has 2 rings (SSSR count). The van der Waals surface area contributed by atoms with Crippen molar-refractivity contribution in [2.24, 2.45) is 5.92 Å². The molecule has 5 nitrogen and oxygen atoms in total. The van der Waals surface area contributed by atoms with Gasteiger partial charge in [-0.05, 0) is 31.1 Å². The van der Waals surface area contributed by atoms with Crippen LogP contribution < -0.4 is 0 Å². The van der Waals surface area contributed by atoms with Crippen molar-refractivity contribution >= 4 is 40.9 Å². The molecule has 0 unspecified atom stereocenters. The number of hydrogen-bond donors (Lipinski definition) is 0. The van der Waals surface area contributed by atoms with Crippen molar-refractivity contribution in [2.75, 3.05) is 14.1 Å². The summed E-state index contributed by atoms with van der Waals surface area (Å²) in [4.78, 5) is 15.3. The molecule has 1 aromatic rings. The van der Waals surface area contributed by atoms with E-state index in [4.69, 9.17) is 23.8 Å². The molecule has 21 heavy (non-hydrogen) atoms. The molecule has 1 aromatic heterocycles. The van der Waals surface area contributed by atoms with Gasteiger partial charge < -0.3 is 4.90 Å². The fourth-order valence-electron chi connectivity index (χ4n) is 2.22. The molecule has 1 aliphatic heterocycles. The zero-order valence-corrected chi connectivity index (χ0v) is 14.4. The lowest BCUT2D eigenvalue weighted by molar-refractivity contribution is -0.121. The highest BCUT2D eigenvalue weighted by Crippen LogP contribution is 2.27. The number of amides is 1. The summed E-state index contributed by atoms with van der Waals surface area (Å²) in [7, 11) is 3.44. The van der Waals surface area contributed by atoms with E-state index in [1.807, 2.05) is 6.92 Å². The summed E-state index contributed by atoms with van der Waals surface area (Å²) in [6.45, 7) is 6.84. The number of carbonyl (C=O) groups excluding carboxylic acids is 1. The first-order valence-corrected chi connectivity index (χ1v) is 7.53. The summed E-state index contributed by atoms with van der Waals surface area (Å²) in [5.74, 6) is 0.311. The van der Waals surface area contributed by atoms with Crippen molar-refractivity contribution in [3.8, 4) is 0 Å². The molecule has 0 atom stereocenters. The van der Waals surface area contributed by atoms with Gasteiger partial charge in [-0.3, -0.25) is 14.4 Å². The van der Waals surface area contributed by atoms with Crippen LogP contribution in [0.25, 0.3) is 6.08 Å². The fourth-order valence-corrected chi connectivity index (χ4v) is 2.70. The van der Waals surface area contributed by atoms with Crippen LogP contribution in [0.15, 0.2) is 5.70 Å². The number of carbonyl (C=O) groups is 1. The minimum atomic E-state index is -0.130. The molecule has 7 heteroatoms. The second-order valence-corrected chi connectivity index (χ2v) is 6.32. The van der Waals surface area contributed by atoms with Crippen LogP contribution in [0.1, 0.15) is 25.1 Å². The van der Waals surface area contributed by atoms with Gasteiger partial charge in [-0.15, -0.1) is 0 Å². The lowest BCUT2D eigenvalue weighted by Crippen LogP contribution is -2.26. The van der Waals surface area contributed by atoms with Crippen molar-refractivity contribution in [2.45, 2.75) is 27.3 Å². The summed E-state index contributed by atoms with van der Waals surface area (Å²) in [5, 5.41) is 5.48. The predicted molar refractivity (Wildman–Crippen MR) is 87.9 cm³/mol. The van der Waals surface area contributed by atoms with Crippen LogP contribution in [0.4, 0.5) is 0 Å². The monoisotopic (exact) mass is 326 g/mol. The average molecular weight is 327 g/mol. The molecular formula is C14H19ClN4OS. The number of hydrogen-bond acceptors (Lipinski definition) is 3. The Labute approximate surface area is 135 Å². The van der Waals surface area contributed by atoms with Crippen molar-refractivity contribution < 1.29 is 4.79 Å². The van der Waals surface area contributed by atoms with Crippen molar-refractivity contribution in [3.63, 3.8) is 0 Å². The van der Waals surface area contributed by atoms with Gasteiger partial charge in [0, 0.05) is 26.2 Å². The van der Waals surface area contributed by atoms with Gasteiger partial charge in [-0.25, -0.2) is 0 Å². The maximum absolute atomic E-state index is 12.2. The van der Waals surface area contributed by atoms with Crippen LogP contribution in [0.3, 0.4) is 0 Å². The molecule has 0 saturated carbocycles. The van der Waals surface area contributed by atoms with Gasteiger partial charge in [0.2, 0.25) is 0 Å². The van der Waals surface area contributed by atoms with Crippen LogP contribution in [-0.4, -0.2) is 44.7 Å². The zero-order valence-electron chi connectivity index (χ0n) is 12.8. The molecular weight excluding hydrogens is 308 g/mol. The molecule has 1 amide bonds. The predicted octanol–water partition coefficient (Wildman–Crippen LogP) is 2.53. The Morgan fingerprint density at radius 3 is 2.43 bits per heavy atom. The molecule has 0 N–H and O–H groups in total. The molecule has 114 valence electrons. The molecule has 1 saturated heterocycles. The number of aromatic nitrogens is 2. The number of rotatable bonds is 3. The van der Waals surface area contributed by atoms with Crippen molar-refractivity contribution in [3.05, 3.63) is 22.1 Å².